The van der Waals surface area contributed by atoms with Gasteiger partial charge in [0.25, 0.3) is 0 Å². The van der Waals surface area contributed by atoms with Crippen molar-refractivity contribution in [3.8, 4) is 11.5 Å². The third-order valence-corrected chi connectivity index (χ3v) is 11.4. The highest BCUT2D eigenvalue weighted by atomic mass is 31.2. The van der Waals surface area contributed by atoms with Gasteiger partial charge in [-0.1, -0.05) is 78.9 Å². The van der Waals surface area contributed by atoms with Crippen molar-refractivity contribution in [2.75, 3.05) is 4.90 Å². The quantitative estimate of drug-likeness (QED) is 0.0958. The number of nitrogens with two attached hydrogens (primary N) is 1. The first-order valence-corrected chi connectivity index (χ1v) is 19.4. The standard InChI is InChI=1S/C41H41F2N4O7P/c1-26(28-17-20-31(21-18-28)41(42,43)55(52,53-32-12-5-3-6-13-32)54-33-14-7-4-8-15-33)24-37(49)46-34-22-19-29-10-9-11-30-25-35(47(38(29)30)40(34)51)39(50)45-27(2)16-23-36(44)48/h3-15,17-18,20-21,24,27,34-35H,16,19,22-23,25H2,1-2H3,(H2,44,48)(H,45,50)(H,46,49). The Morgan fingerprint density at radius 2 is 1.53 bits per heavy atom. The zero-order valence-corrected chi connectivity index (χ0v) is 31.1. The van der Waals surface area contributed by atoms with Gasteiger partial charge < -0.3 is 25.4 Å². The van der Waals surface area contributed by atoms with Crippen LogP contribution in [0.25, 0.3) is 5.57 Å². The second-order valence-corrected chi connectivity index (χ2v) is 15.5. The van der Waals surface area contributed by atoms with Gasteiger partial charge in [0, 0.05) is 30.5 Å². The minimum Gasteiger partial charge on any atom is -0.412 e. The van der Waals surface area contributed by atoms with Crippen LogP contribution >= 0.6 is 7.60 Å². The maximum atomic E-state index is 16.1. The molecule has 0 aromatic heterocycles. The normalized spacial score (nSPS) is 17.4. The number of rotatable bonds is 14. The van der Waals surface area contributed by atoms with E-state index in [9.17, 15) is 23.7 Å². The molecule has 0 spiro atoms. The first-order chi connectivity index (χ1) is 26.3. The van der Waals surface area contributed by atoms with Crippen molar-refractivity contribution in [3.63, 3.8) is 0 Å². The maximum Gasteiger partial charge on any atom is 0.504 e. The van der Waals surface area contributed by atoms with Crippen LogP contribution in [0, 0.1) is 0 Å². The molecule has 3 atom stereocenters. The van der Waals surface area contributed by atoms with Gasteiger partial charge in [-0.25, -0.2) is 4.57 Å². The van der Waals surface area contributed by atoms with Crippen molar-refractivity contribution in [2.45, 2.75) is 69.7 Å². The van der Waals surface area contributed by atoms with Gasteiger partial charge in [0.15, 0.2) is 0 Å². The summed E-state index contributed by atoms with van der Waals surface area (Å²) in [5.74, 6) is -2.00. The molecule has 11 nitrogen and oxygen atoms in total. The highest BCUT2D eigenvalue weighted by molar-refractivity contribution is 7.55. The van der Waals surface area contributed by atoms with E-state index in [1.54, 1.807) is 50.2 Å². The van der Waals surface area contributed by atoms with Gasteiger partial charge in [-0.05, 0) is 79.6 Å². The summed E-state index contributed by atoms with van der Waals surface area (Å²) in [5.41, 5.74) is 3.78. The third kappa shape index (κ3) is 8.62. The van der Waals surface area contributed by atoms with Crippen molar-refractivity contribution >= 4 is 42.5 Å². The zero-order chi connectivity index (χ0) is 39.3. The Hall–Kier alpha value is -5.81. The molecule has 2 aliphatic heterocycles. The van der Waals surface area contributed by atoms with Crippen LogP contribution in [0.4, 0.5) is 14.5 Å². The van der Waals surface area contributed by atoms with Crippen LogP contribution in [0.1, 0.15) is 55.4 Å². The summed E-state index contributed by atoms with van der Waals surface area (Å²) >= 11 is 0. The Kier molecular flexibility index (Phi) is 11.5. The number of nitrogens with zero attached hydrogens (tertiary/aromatic N) is 1. The Balaban J connectivity index is 1.17. The molecule has 0 saturated heterocycles. The molecule has 6 rings (SSSR count). The molecule has 3 unspecified atom stereocenters. The lowest BCUT2D eigenvalue weighted by Crippen LogP contribution is -2.55. The lowest BCUT2D eigenvalue weighted by Gasteiger charge is -2.28. The van der Waals surface area contributed by atoms with E-state index in [0.29, 0.717) is 36.1 Å². The number of para-hydroxylation sites is 3. The van der Waals surface area contributed by atoms with Crippen molar-refractivity contribution in [1.29, 1.82) is 0 Å². The predicted octanol–water partition coefficient (Wildman–Crippen LogP) is 6.65. The lowest BCUT2D eigenvalue weighted by atomic mass is 10.0. The number of alkyl halides is 2. The molecule has 0 fully saturated rings. The molecule has 0 saturated carbocycles. The fourth-order valence-electron chi connectivity index (χ4n) is 6.70. The van der Waals surface area contributed by atoms with Crippen LogP contribution in [0.2, 0.25) is 0 Å². The third-order valence-electron chi connectivity index (χ3n) is 9.56. The molecule has 2 heterocycles. The van der Waals surface area contributed by atoms with Gasteiger partial charge in [-0.15, -0.1) is 0 Å². The highest BCUT2D eigenvalue weighted by Crippen LogP contribution is 2.65. The fraction of sp³-hybridized carbons (Fsp3) is 0.268. The van der Waals surface area contributed by atoms with E-state index in [0.717, 1.165) is 23.3 Å². The van der Waals surface area contributed by atoms with Crippen LogP contribution in [0.3, 0.4) is 0 Å². The van der Waals surface area contributed by atoms with E-state index >= 15 is 8.78 Å². The summed E-state index contributed by atoms with van der Waals surface area (Å²) in [7, 11) is -5.22. The number of carbonyl (C=O) groups is 4. The lowest BCUT2D eigenvalue weighted by molar-refractivity contribution is -0.128. The molecule has 14 heteroatoms. The number of aryl methyl sites for hydroxylation is 1. The molecule has 4 amide bonds. The fourth-order valence-corrected chi connectivity index (χ4v) is 8.23. The van der Waals surface area contributed by atoms with E-state index in [2.05, 4.69) is 10.6 Å². The Labute approximate surface area is 317 Å². The zero-order valence-electron chi connectivity index (χ0n) is 30.2. The summed E-state index contributed by atoms with van der Waals surface area (Å²) in [5, 5.41) is 5.68. The monoisotopic (exact) mass is 770 g/mol. The van der Waals surface area contributed by atoms with Crippen molar-refractivity contribution in [2.24, 2.45) is 5.73 Å². The number of hydrogen-bond acceptors (Lipinski definition) is 7. The van der Waals surface area contributed by atoms with E-state index in [1.807, 2.05) is 18.2 Å². The van der Waals surface area contributed by atoms with Crippen LogP contribution in [-0.2, 0) is 42.2 Å². The van der Waals surface area contributed by atoms with E-state index in [1.165, 1.54) is 47.4 Å². The number of halogens is 2. The predicted molar refractivity (Wildman–Crippen MR) is 203 cm³/mol. The summed E-state index contributed by atoms with van der Waals surface area (Å²) in [6.07, 6.45) is 2.77. The number of primary amides is 1. The van der Waals surface area contributed by atoms with Gasteiger partial charge >= 0.3 is 13.3 Å². The van der Waals surface area contributed by atoms with Gasteiger partial charge in [-0.2, -0.15) is 8.78 Å². The number of amides is 4. The molecule has 4 N–H and O–H groups in total. The summed E-state index contributed by atoms with van der Waals surface area (Å²) in [4.78, 5) is 53.6. The van der Waals surface area contributed by atoms with Gasteiger partial charge in [-0.3, -0.25) is 24.1 Å². The Bertz CT molecular complexity index is 2100. The molecular weight excluding hydrogens is 729 g/mol. The van der Waals surface area contributed by atoms with E-state index in [4.69, 9.17) is 14.8 Å². The molecule has 0 radical (unpaired) electrons. The Morgan fingerprint density at radius 3 is 2.13 bits per heavy atom. The second kappa shape index (κ2) is 16.3. The van der Waals surface area contributed by atoms with Crippen LogP contribution in [0.15, 0.2) is 109 Å². The minimum absolute atomic E-state index is 0.0606. The van der Waals surface area contributed by atoms with Gasteiger partial charge in [0.05, 0.1) is 5.69 Å². The van der Waals surface area contributed by atoms with Crippen molar-refractivity contribution in [3.05, 3.63) is 131 Å². The van der Waals surface area contributed by atoms with Gasteiger partial charge in [0.1, 0.15) is 23.6 Å². The molecule has 2 aliphatic rings. The highest BCUT2D eigenvalue weighted by Gasteiger charge is 2.58. The van der Waals surface area contributed by atoms with Crippen LogP contribution in [-0.4, -0.2) is 41.8 Å². The number of nitrogens with one attached hydrogen (secondary N) is 2. The van der Waals surface area contributed by atoms with Crippen LogP contribution in [0.5, 0.6) is 11.5 Å². The van der Waals surface area contributed by atoms with Crippen molar-refractivity contribution < 1.29 is 41.6 Å². The van der Waals surface area contributed by atoms with Gasteiger partial charge in [0.2, 0.25) is 23.6 Å². The molecule has 286 valence electrons. The summed E-state index contributed by atoms with van der Waals surface area (Å²) in [6, 6.07) is 23.6. The Morgan fingerprint density at radius 1 is 0.927 bits per heavy atom. The number of carbonyl (C=O) groups excluding carboxylic acids is 4. The van der Waals surface area contributed by atoms with E-state index in [-0.39, 0.29) is 36.3 Å². The summed E-state index contributed by atoms with van der Waals surface area (Å²) < 4.78 is 57.0. The average Bonchev–Trinajstić information content (AvgIpc) is 3.50. The summed E-state index contributed by atoms with van der Waals surface area (Å²) in [6.45, 7) is 3.38. The average molecular weight is 771 g/mol. The van der Waals surface area contributed by atoms with Crippen molar-refractivity contribution in [1.82, 2.24) is 10.6 Å². The van der Waals surface area contributed by atoms with Crippen LogP contribution < -0.4 is 30.3 Å². The smallest absolute Gasteiger partial charge is 0.412 e. The minimum atomic E-state index is -5.22. The first-order valence-electron chi connectivity index (χ1n) is 17.8. The molecule has 0 bridgehead atoms. The largest absolute Gasteiger partial charge is 0.504 e. The molecule has 55 heavy (non-hydrogen) atoms. The number of benzene rings is 4. The first kappa shape index (κ1) is 38.9. The molecule has 4 aromatic carbocycles. The molecule has 0 aliphatic carbocycles. The maximum absolute atomic E-state index is 16.1. The SMILES string of the molecule is CC(=CC(=O)NC1CCc2cccc3c2N(C1=O)C(C(=O)NC(C)CCC(N)=O)C3)c1ccc(C(F)(F)P(=O)(Oc2ccccc2)Oc2ccccc2)cc1. The second-order valence-electron chi connectivity index (χ2n) is 13.6. The molecular formula is C41H41F2N4O7P. The number of hydrogen-bond donors (Lipinski definition) is 3. The van der Waals surface area contributed by atoms with E-state index < -0.39 is 48.6 Å². The number of allylic oxidation sites excluding steroid dienone is 1. The topological polar surface area (TPSA) is 157 Å². The molecule has 4 aromatic rings. The number of anilines is 1.